The van der Waals surface area contributed by atoms with Gasteiger partial charge in [-0.15, -0.1) is 0 Å². The Morgan fingerprint density at radius 3 is 1.98 bits per heavy atom. The van der Waals surface area contributed by atoms with Crippen molar-refractivity contribution in [2.24, 2.45) is 0 Å². The van der Waals surface area contributed by atoms with E-state index in [1.807, 2.05) is 24.3 Å². The highest BCUT2D eigenvalue weighted by Gasteiger charge is 2.19. The third-order valence-corrected chi connectivity index (χ3v) is 9.39. The zero-order chi connectivity index (χ0) is 31.6. The molecule has 0 saturated carbocycles. The number of nitrogens with zero attached hydrogens (tertiary/aromatic N) is 3. The van der Waals surface area contributed by atoms with Crippen molar-refractivity contribution in [2.75, 3.05) is 0 Å². The van der Waals surface area contributed by atoms with Crippen molar-refractivity contribution in [3.63, 3.8) is 0 Å². The van der Waals surface area contributed by atoms with Crippen LogP contribution in [0.1, 0.15) is 0 Å². The van der Waals surface area contributed by atoms with Crippen molar-refractivity contribution in [2.45, 2.75) is 0 Å². The number of para-hydroxylation sites is 3. The Bertz CT molecular complexity index is 2830. The van der Waals surface area contributed by atoms with E-state index in [1.165, 1.54) is 21.8 Å². The van der Waals surface area contributed by atoms with Crippen LogP contribution >= 0.6 is 0 Å². The van der Waals surface area contributed by atoms with Gasteiger partial charge in [-0.25, -0.2) is 9.97 Å². The van der Waals surface area contributed by atoms with Crippen molar-refractivity contribution in [1.82, 2.24) is 14.5 Å². The molecule has 3 aromatic heterocycles. The van der Waals surface area contributed by atoms with Gasteiger partial charge in [-0.05, 0) is 65.7 Å². The largest absolute Gasteiger partial charge is 0.456 e. The zero-order valence-electron chi connectivity index (χ0n) is 25.8. The number of aromatic nitrogens is 3. The molecule has 0 amide bonds. The molecule has 0 atom stereocenters. The molecule has 224 valence electrons. The molecule has 3 heterocycles. The highest BCUT2D eigenvalue weighted by molar-refractivity contribution is 6.21. The maximum atomic E-state index is 6.26. The van der Waals surface area contributed by atoms with Crippen molar-refractivity contribution in [1.29, 1.82) is 0 Å². The smallest absolute Gasteiger partial charge is 0.160 e. The molecular formula is C44H27N3O. The summed E-state index contributed by atoms with van der Waals surface area (Å²) in [7, 11) is 0. The predicted octanol–water partition coefficient (Wildman–Crippen LogP) is 11.6. The number of hydrogen-bond donors (Lipinski definition) is 0. The van der Waals surface area contributed by atoms with Crippen molar-refractivity contribution < 1.29 is 4.42 Å². The Morgan fingerprint density at radius 1 is 0.417 bits per heavy atom. The number of fused-ring (bicyclic) bond motifs is 8. The quantitative estimate of drug-likeness (QED) is 0.198. The lowest BCUT2D eigenvalue weighted by atomic mass is 9.99. The Morgan fingerprint density at radius 2 is 1.10 bits per heavy atom. The molecule has 0 radical (unpaired) electrons. The molecule has 7 aromatic carbocycles. The lowest BCUT2D eigenvalue weighted by Crippen LogP contribution is -1.96. The molecule has 48 heavy (non-hydrogen) atoms. The summed E-state index contributed by atoms with van der Waals surface area (Å²) in [6, 6.07) is 57.2. The number of rotatable bonds is 4. The standard InChI is InChI=1S/C44H27N3O/c1-3-12-28(13-4-1)43-42-36(23-25-40-41(42)34-19-8-10-21-39(34)48-40)45-44(46-43)31-15-11-14-29(26-31)30-22-24-38-35(27-30)33-18-7-9-20-37(33)47(38)32-16-5-2-6-17-32/h1-27H. The summed E-state index contributed by atoms with van der Waals surface area (Å²) in [4.78, 5) is 10.5. The molecule has 0 aliphatic heterocycles. The van der Waals surface area contributed by atoms with Crippen LogP contribution in [0.15, 0.2) is 168 Å². The van der Waals surface area contributed by atoms with Crippen molar-refractivity contribution in [3.05, 3.63) is 164 Å². The first kappa shape index (κ1) is 26.7. The molecule has 0 bridgehead atoms. The number of benzene rings is 7. The van der Waals surface area contributed by atoms with Gasteiger partial charge in [0, 0.05) is 43.7 Å². The summed E-state index contributed by atoms with van der Waals surface area (Å²) in [5.74, 6) is 0.692. The summed E-state index contributed by atoms with van der Waals surface area (Å²) < 4.78 is 8.60. The second-order valence-electron chi connectivity index (χ2n) is 12.2. The van der Waals surface area contributed by atoms with Gasteiger partial charge in [0.15, 0.2) is 5.82 Å². The van der Waals surface area contributed by atoms with Crippen LogP contribution in [0.4, 0.5) is 0 Å². The van der Waals surface area contributed by atoms with E-state index in [0.717, 1.165) is 66.5 Å². The molecule has 4 nitrogen and oxygen atoms in total. The minimum absolute atomic E-state index is 0.692. The third kappa shape index (κ3) is 4.10. The molecule has 10 rings (SSSR count). The summed E-state index contributed by atoms with van der Waals surface area (Å²) in [6.45, 7) is 0. The topological polar surface area (TPSA) is 43.9 Å². The minimum atomic E-state index is 0.692. The molecule has 0 saturated heterocycles. The van der Waals surface area contributed by atoms with Gasteiger partial charge in [-0.1, -0.05) is 109 Å². The number of hydrogen-bond acceptors (Lipinski definition) is 3. The minimum Gasteiger partial charge on any atom is -0.456 e. The lowest BCUT2D eigenvalue weighted by Gasteiger charge is -2.12. The monoisotopic (exact) mass is 613 g/mol. The van der Waals surface area contributed by atoms with Gasteiger partial charge in [0.2, 0.25) is 0 Å². The Kier molecular flexibility index (Phi) is 5.84. The normalized spacial score (nSPS) is 11.8. The van der Waals surface area contributed by atoms with Gasteiger partial charge in [-0.2, -0.15) is 0 Å². The Balaban J connectivity index is 1.16. The first-order chi connectivity index (χ1) is 23.8. The summed E-state index contributed by atoms with van der Waals surface area (Å²) >= 11 is 0. The second-order valence-corrected chi connectivity index (χ2v) is 12.2. The van der Waals surface area contributed by atoms with E-state index in [9.17, 15) is 0 Å². The highest BCUT2D eigenvalue weighted by atomic mass is 16.3. The lowest BCUT2D eigenvalue weighted by molar-refractivity contribution is 0.669. The molecule has 4 heteroatoms. The molecular weight excluding hydrogens is 587 g/mol. The zero-order valence-corrected chi connectivity index (χ0v) is 25.8. The van der Waals surface area contributed by atoms with Crippen LogP contribution in [0.2, 0.25) is 0 Å². The summed E-state index contributed by atoms with van der Waals surface area (Å²) in [5, 5.41) is 5.58. The summed E-state index contributed by atoms with van der Waals surface area (Å²) in [6.07, 6.45) is 0. The molecule has 10 aromatic rings. The van der Waals surface area contributed by atoms with E-state index in [-0.39, 0.29) is 0 Å². The van der Waals surface area contributed by atoms with Crippen LogP contribution < -0.4 is 0 Å². The van der Waals surface area contributed by atoms with E-state index in [0.29, 0.717) is 5.82 Å². The van der Waals surface area contributed by atoms with Crippen LogP contribution in [-0.4, -0.2) is 14.5 Å². The molecule has 0 aliphatic carbocycles. The fraction of sp³-hybridized carbons (Fsp3) is 0. The van der Waals surface area contributed by atoms with Gasteiger partial charge in [-0.3, -0.25) is 0 Å². The fourth-order valence-electron chi connectivity index (χ4n) is 7.22. The average Bonchev–Trinajstić information content (AvgIpc) is 3.71. The maximum Gasteiger partial charge on any atom is 0.160 e. The molecule has 0 N–H and O–H groups in total. The van der Waals surface area contributed by atoms with Gasteiger partial charge in [0.05, 0.1) is 22.2 Å². The molecule has 0 unspecified atom stereocenters. The number of furan rings is 1. The van der Waals surface area contributed by atoms with Gasteiger partial charge in [0.25, 0.3) is 0 Å². The SMILES string of the molecule is c1ccc(-c2nc(-c3cccc(-c4ccc5c(c4)c4ccccc4n5-c4ccccc4)c3)nc3ccc4oc5ccccc5c4c23)cc1. The first-order valence-electron chi connectivity index (χ1n) is 16.2. The third-order valence-electron chi connectivity index (χ3n) is 9.39. The van der Waals surface area contributed by atoms with Gasteiger partial charge in [0.1, 0.15) is 11.2 Å². The highest BCUT2D eigenvalue weighted by Crippen LogP contribution is 2.40. The van der Waals surface area contributed by atoms with E-state index < -0.39 is 0 Å². The van der Waals surface area contributed by atoms with E-state index in [2.05, 4.69) is 144 Å². The van der Waals surface area contributed by atoms with Crippen molar-refractivity contribution in [3.8, 4) is 39.5 Å². The van der Waals surface area contributed by atoms with Crippen LogP contribution in [0.3, 0.4) is 0 Å². The van der Waals surface area contributed by atoms with Crippen LogP contribution in [0, 0.1) is 0 Å². The van der Waals surface area contributed by atoms with Crippen LogP contribution in [-0.2, 0) is 0 Å². The fourth-order valence-corrected chi connectivity index (χ4v) is 7.22. The van der Waals surface area contributed by atoms with E-state index in [4.69, 9.17) is 14.4 Å². The second kappa shape index (κ2) is 10.5. The van der Waals surface area contributed by atoms with E-state index >= 15 is 0 Å². The predicted molar refractivity (Wildman–Crippen MR) is 197 cm³/mol. The Labute approximate surface area is 276 Å². The van der Waals surface area contributed by atoms with Crippen molar-refractivity contribution >= 4 is 54.6 Å². The first-order valence-corrected chi connectivity index (χ1v) is 16.2. The Hall–Kier alpha value is -6.52. The molecule has 0 fully saturated rings. The molecule has 0 spiro atoms. The van der Waals surface area contributed by atoms with Gasteiger partial charge < -0.3 is 8.98 Å². The van der Waals surface area contributed by atoms with Gasteiger partial charge >= 0.3 is 0 Å². The summed E-state index contributed by atoms with van der Waals surface area (Å²) in [5.41, 5.74) is 11.3. The average molecular weight is 614 g/mol. The van der Waals surface area contributed by atoms with Crippen LogP contribution in [0.5, 0.6) is 0 Å². The molecule has 0 aliphatic rings. The van der Waals surface area contributed by atoms with Crippen LogP contribution in [0.25, 0.3) is 94.1 Å². The van der Waals surface area contributed by atoms with E-state index in [1.54, 1.807) is 0 Å². The maximum absolute atomic E-state index is 6.26.